The van der Waals surface area contributed by atoms with Gasteiger partial charge in [0.1, 0.15) is 4.90 Å². The van der Waals surface area contributed by atoms with Crippen LogP contribution in [0.4, 0.5) is 5.69 Å². The Bertz CT molecular complexity index is 471. The maximum atomic E-state index is 11.4. The molecule has 1 aromatic rings. The topological polar surface area (TPSA) is 98.2 Å². The number of hydrogen-bond donors (Lipinski definition) is 3. The van der Waals surface area contributed by atoms with Crippen molar-refractivity contribution in [3.63, 3.8) is 0 Å². The highest BCUT2D eigenvalue weighted by Crippen LogP contribution is 2.21. The Hall–Kier alpha value is -1.11. The van der Waals surface area contributed by atoms with Gasteiger partial charge >= 0.3 is 0 Å². The molecule has 1 atom stereocenters. The minimum Gasteiger partial charge on any atom is -0.380 e. The summed E-state index contributed by atoms with van der Waals surface area (Å²) in [4.78, 5) is 0.0964. The molecule has 0 radical (unpaired) electrons. The second-order valence-electron chi connectivity index (χ2n) is 4.27. The number of nitrogens with one attached hydrogen (secondary N) is 1. The molecule has 0 aromatic heterocycles. The van der Waals surface area contributed by atoms with Crippen molar-refractivity contribution in [2.75, 3.05) is 11.9 Å². The lowest BCUT2D eigenvalue weighted by Crippen LogP contribution is -2.34. The Labute approximate surface area is 102 Å². The van der Waals surface area contributed by atoms with Crippen LogP contribution in [0.3, 0.4) is 0 Å². The quantitative estimate of drug-likeness (QED) is 0.724. The summed E-state index contributed by atoms with van der Waals surface area (Å²) in [6.45, 7) is 4.46. The molecule has 1 aromatic carbocycles. The van der Waals surface area contributed by atoms with Gasteiger partial charge in [-0.2, -0.15) is 0 Å². The molecule has 0 heterocycles. The van der Waals surface area contributed by atoms with Crippen LogP contribution < -0.4 is 16.2 Å². The normalized spacial score (nSPS) is 13.7. The van der Waals surface area contributed by atoms with Crippen LogP contribution in [0.15, 0.2) is 29.2 Å². The Kier molecular flexibility index (Phi) is 4.50. The summed E-state index contributed by atoms with van der Waals surface area (Å²) < 4.78 is 22.8. The van der Waals surface area contributed by atoms with E-state index in [1.165, 1.54) is 6.07 Å². The van der Waals surface area contributed by atoms with Gasteiger partial charge in [-0.25, -0.2) is 13.6 Å². The van der Waals surface area contributed by atoms with Gasteiger partial charge in [0.05, 0.1) is 5.69 Å². The van der Waals surface area contributed by atoms with Crippen LogP contribution in [-0.2, 0) is 10.0 Å². The summed E-state index contributed by atoms with van der Waals surface area (Å²) in [6, 6.07) is 6.57. The molecule has 0 bridgehead atoms. The fourth-order valence-corrected chi connectivity index (χ4v) is 2.23. The number of hydrogen-bond acceptors (Lipinski definition) is 4. The van der Waals surface area contributed by atoms with E-state index in [9.17, 15) is 8.42 Å². The van der Waals surface area contributed by atoms with Crippen molar-refractivity contribution in [3.05, 3.63) is 24.3 Å². The number of sulfonamides is 1. The van der Waals surface area contributed by atoms with Crippen molar-refractivity contribution in [2.24, 2.45) is 16.8 Å². The fourth-order valence-electron chi connectivity index (χ4n) is 1.53. The summed E-state index contributed by atoms with van der Waals surface area (Å²) in [5.74, 6) is 0.300. The highest BCUT2D eigenvalue weighted by molar-refractivity contribution is 7.89. The molecule has 0 saturated carbocycles. The second-order valence-corrected chi connectivity index (χ2v) is 5.80. The molecule has 17 heavy (non-hydrogen) atoms. The molecule has 6 heteroatoms. The molecular formula is C11H19N3O2S. The van der Waals surface area contributed by atoms with Crippen molar-refractivity contribution in [2.45, 2.75) is 24.8 Å². The summed E-state index contributed by atoms with van der Waals surface area (Å²) >= 11 is 0. The van der Waals surface area contributed by atoms with E-state index in [-0.39, 0.29) is 10.9 Å². The largest absolute Gasteiger partial charge is 0.380 e. The van der Waals surface area contributed by atoms with Crippen molar-refractivity contribution in [1.82, 2.24) is 0 Å². The minimum absolute atomic E-state index is 0.0119. The lowest BCUT2D eigenvalue weighted by molar-refractivity contribution is 0.530. The third-order valence-corrected chi connectivity index (χ3v) is 3.56. The molecule has 0 fully saturated rings. The summed E-state index contributed by atoms with van der Waals surface area (Å²) in [5.41, 5.74) is 6.14. The predicted molar refractivity (Wildman–Crippen MR) is 69.1 cm³/mol. The summed E-state index contributed by atoms with van der Waals surface area (Å²) in [5, 5.41) is 8.27. The first-order chi connectivity index (χ1) is 7.86. The maximum absolute atomic E-state index is 11.4. The zero-order valence-corrected chi connectivity index (χ0v) is 10.9. The van der Waals surface area contributed by atoms with E-state index in [1.807, 2.05) is 13.8 Å². The Balaban J connectivity index is 3.07. The van der Waals surface area contributed by atoms with Crippen LogP contribution >= 0.6 is 0 Å². The van der Waals surface area contributed by atoms with Gasteiger partial charge < -0.3 is 11.1 Å². The average Bonchev–Trinajstić information content (AvgIpc) is 2.24. The fraction of sp³-hybridized carbons (Fsp3) is 0.455. The van der Waals surface area contributed by atoms with E-state index < -0.39 is 10.0 Å². The zero-order chi connectivity index (χ0) is 13.1. The number of anilines is 1. The molecule has 96 valence electrons. The second kappa shape index (κ2) is 5.48. The van der Waals surface area contributed by atoms with Gasteiger partial charge in [-0.05, 0) is 18.1 Å². The first-order valence-electron chi connectivity index (χ1n) is 5.44. The van der Waals surface area contributed by atoms with Gasteiger partial charge in [0.15, 0.2) is 0 Å². The van der Waals surface area contributed by atoms with E-state index in [0.717, 1.165) is 0 Å². The van der Waals surface area contributed by atoms with Crippen molar-refractivity contribution in [3.8, 4) is 0 Å². The molecular weight excluding hydrogens is 238 g/mol. The number of primary sulfonamides is 1. The van der Waals surface area contributed by atoms with Crippen molar-refractivity contribution >= 4 is 15.7 Å². The van der Waals surface area contributed by atoms with Crippen LogP contribution in [0.1, 0.15) is 13.8 Å². The number of rotatable bonds is 5. The third-order valence-electron chi connectivity index (χ3n) is 2.59. The molecule has 0 saturated heterocycles. The molecule has 1 rings (SSSR count). The van der Waals surface area contributed by atoms with Gasteiger partial charge in [0.25, 0.3) is 0 Å². The summed E-state index contributed by atoms with van der Waals surface area (Å²) in [6.07, 6.45) is 0. The van der Waals surface area contributed by atoms with E-state index in [0.29, 0.717) is 18.2 Å². The van der Waals surface area contributed by atoms with E-state index in [1.54, 1.807) is 18.2 Å². The van der Waals surface area contributed by atoms with Crippen molar-refractivity contribution in [1.29, 1.82) is 0 Å². The van der Waals surface area contributed by atoms with E-state index >= 15 is 0 Å². The molecule has 1 unspecified atom stereocenters. The molecule has 0 aliphatic heterocycles. The SMILES string of the molecule is CC(C)C(CN)Nc1ccccc1S(N)(=O)=O. The Morgan fingerprint density at radius 1 is 1.29 bits per heavy atom. The lowest BCUT2D eigenvalue weighted by atomic mass is 10.0. The summed E-state index contributed by atoms with van der Waals surface area (Å²) in [7, 11) is -3.72. The van der Waals surface area contributed by atoms with Crippen molar-refractivity contribution < 1.29 is 8.42 Å². The number of para-hydroxylation sites is 1. The average molecular weight is 257 g/mol. The first kappa shape index (κ1) is 14.0. The van der Waals surface area contributed by atoms with Gasteiger partial charge in [-0.15, -0.1) is 0 Å². The van der Waals surface area contributed by atoms with Crippen LogP contribution in [-0.4, -0.2) is 21.0 Å². The van der Waals surface area contributed by atoms with Gasteiger partial charge in [-0.1, -0.05) is 26.0 Å². The molecule has 0 amide bonds. The zero-order valence-electron chi connectivity index (χ0n) is 10.1. The molecule has 5 N–H and O–H groups in total. The van der Waals surface area contributed by atoms with Gasteiger partial charge in [0, 0.05) is 12.6 Å². The third kappa shape index (κ3) is 3.69. The van der Waals surface area contributed by atoms with Crippen LogP contribution in [0, 0.1) is 5.92 Å². The standard InChI is InChI=1S/C11H19N3O2S/c1-8(2)10(7-12)14-9-5-3-4-6-11(9)17(13,15)16/h3-6,8,10,14H,7,12H2,1-2H3,(H2,13,15,16). The molecule has 5 nitrogen and oxygen atoms in total. The minimum atomic E-state index is -3.72. The monoisotopic (exact) mass is 257 g/mol. The maximum Gasteiger partial charge on any atom is 0.240 e. The first-order valence-corrected chi connectivity index (χ1v) is 6.99. The molecule has 0 spiro atoms. The highest BCUT2D eigenvalue weighted by Gasteiger charge is 2.17. The Morgan fingerprint density at radius 3 is 2.35 bits per heavy atom. The highest BCUT2D eigenvalue weighted by atomic mass is 32.2. The number of nitrogens with two attached hydrogens (primary N) is 2. The van der Waals surface area contributed by atoms with Gasteiger partial charge in [-0.3, -0.25) is 0 Å². The van der Waals surface area contributed by atoms with Crippen LogP contribution in [0.5, 0.6) is 0 Å². The van der Waals surface area contributed by atoms with E-state index in [2.05, 4.69) is 5.32 Å². The smallest absolute Gasteiger partial charge is 0.240 e. The molecule has 0 aliphatic carbocycles. The lowest BCUT2D eigenvalue weighted by Gasteiger charge is -2.22. The van der Waals surface area contributed by atoms with Crippen LogP contribution in [0.25, 0.3) is 0 Å². The predicted octanol–water partition coefficient (Wildman–Crippen LogP) is 0.729. The number of benzene rings is 1. The molecule has 0 aliphatic rings. The Morgan fingerprint density at radius 2 is 1.88 bits per heavy atom. The van der Waals surface area contributed by atoms with Gasteiger partial charge in [0.2, 0.25) is 10.0 Å². The van der Waals surface area contributed by atoms with E-state index in [4.69, 9.17) is 10.9 Å². The van der Waals surface area contributed by atoms with Crippen LogP contribution in [0.2, 0.25) is 0 Å².